The Labute approximate surface area is 127 Å². The quantitative estimate of drug-likeness (QED) is 0.675. The predicted molar refractivity (Wildman–Crippen MR) is 84.3 cm³/mol. The van der Waals surface area contributed by atoms with Crippen LogP contribution in [0.3, 0.4) is 0 Å². The zero-order valence-corrected chi connectivity index (χ0v) is 13.4. The summed E-state index contributed by atoms with van der Waals surface area (Å²) in [5, 5.41) is 1.61. The largest absolute Gasteiger partial charge is 0.488 e. The Morgan fingerprint density at radius 2 is 1.74 bits per heavy atom. The number of hydrogen-bond donors (Lipinski definition) is 0. The van der Waals surface area contributed by atoms with E-state index in [1.165, 1.54) is 5.56 Å². The van der Waals surface area contributed by atoms with Crippen LogP contribution in [0.4, 0.5) is 0 Å². The topological polar surface area (TPSA) is 9.23 Å². The third-order valence-corrected chi connectivity index (χ3v) is 4.02. The van der Waals surface area contributed by atoms with Crippen LogP contribution in [-0.4, -0.2) is 0 Å². The predicted octanol–water partition coefficient (Wildman–Crippen LogP) is 5.43. The maximum absolute atomic E-state index is 6.13. The van der Waals surface area contributed by atoms with E-state index < -0.39 is 0 Å². The molecule has 0 aliphatic rings. The first kappa shape index (κ1) is 14.4. The monoisotopic (exact) mass is 338 g/mol. The summed E-state index contributed by atoms with van der Waals surface area (Å²) >= 11 is 9.61. The van der Waals surface area contributed by atoms with Gasteiger partial charge in [-0.2, -0.15) is 0 Å². The van der Waals surface area contributed by atoms with E-state index in [4.69, 9.17) is 16.3 Å². The summed E-state index contributed by atoms with van der Waals surface area (Å²) in [7, 11) is 0. The second-order valence-electron chi connectivity index (χ2n) is 4.57. The van der Waals surface area contributed by atoms with Crippen LogP contribution in [0.2, 0.25) is 5.02 Å². The van der Waals surface area contributed by atoms with Crippen molar-refractivity contribution in [2.24, 2.45) is 0 Å². The van der Waals surface area contributed by atoms with Gasteiger partial charge in [-0.25, -0.2) is 0 Å². The summed E-state index contributed by atoms with van der Waals surface area (Å²) < 4.78 is 5.93. The summed E-state index contributed by atoms with van der Waals surface area (Å²) in [6.45, 7) is 4.64. The van der Waals surface area contributed by atoms with Crippen LogP contribution in [-0.2, 0) is 11.9 Å². The lowest BCUT2D eigenvalue weighted by Gasteiger charge is -2.14. The molecule has 1 nitrogen and oxygen atoms in total. The molecule has 0 radical (unpaired) electrons. The van der Waals surface area contributed by atoms with Gasteiger partial charge in [0, 0.05) is 15.9 Å². The number of benzene rings is 2. The lowest BCUT2D eigenvalue weighted by molar-refractivity contribution is 0.302. The van der Waals surface area contributed by atoms with Gasteiger partial charge in [0.25, 0.3) is 0 Å². The molecule has 3 heteroatoms. The number of aryl methyl sites for hydroxylation is 2. The van der Waals surface area contributed by atoms with E-state index in [1.54, 1.807) is 0 Å². The molecule has 0 bridgehead atoms. The molecule has 0 fully saturated rings. The number of halogens is 2. The highest BCUT2D eigenvalue weighted by atomic mass is 79.9. The minimum atomic E-state index is 0.495. The molecular weight excluding hydrogens is 324 g/mol. The van der Waals surface area contributed by atoms with Gasteiger partial charge in [0.2, 0.25) is 0 Å². The van der Waals surface area contributed by atoms with Gasteiger partial charge >= 0.3 is 0 Å². The van der Waals surface area contributed by atoms with Crippen molar-refractivity contribution in [2.45, 2.75) is 25.8 Å². The molecule has 0 aliphatic heterocycles. The molecule has 100 valence electrons. The van der Waals surface area contributed by atoms with Gasteiger partial charge in [-0.15, -0.1) is 0 Å². The summed E-state index contributed by atoms with van der Waals surface area (Å²) in [6.07, 6.45) is 0. The standard InChI is InChI=1S/C16H16BrClO/c1-11-7-13(9-17)8-12(2)16(11)19-10-14-5-3-4-6-15(14)18/h3-8H,9-10H2,1-2H3. The zero-order chi connectivity index (χ0) is 13.8. The summed E-state index contributed by atoms with van der Waals surface area (Å²) in [5.41, 5.74) is 4.58. The molecule has 0 atom stereocenters. The fourth-order valence-electron chi connectivity index (χ4n) is 2.11. The summed E-state index contributed by atoms with van der Waals surface area (Å²) in [6, 6.07) is 12.0. The first-order valence-electron chi connectivity index (χ1n) is 6.14. The van der Waals surface area contributed by atoms with Gasteiger partial charge in [-0.05, 0) is 36.6 Å². The van der Waals surface area contributed by atoms with Gasteiger partial charge in [0.1, 0.15) is 12.4 Å². The maximum Gasteiger partial charge on any atom is 0.125 e. The minimum absolute atomic E-state index is 0.495. The first-order valence-corrected chi connectivity index (χ1v) is 7.64. The number of rotatable bonds is 4. The van der Waals surface area contributed by atoms with Crippen molar-refractivity contribution in [3.63, 3.8) is 0 Å². The molecule has 0 saturated carbocycles. The average molecular weight is 340 g/mol. The van der Waals surface area contributed by atoms with E-state index in [1.807, 2.05) is 24.3 Å². The Balaban J connectivity index is 2.18. The lowest BCUT2D eigenvalue weighted by atomic mass is 10.1. The van der Waals surface area contributed by atoms with Crippen molar-refractivity contribution in [3.05, 3.63) is 63.7 Å². The number of alkyl halides is 1. The van der Waals surface area contributed by atoms with E-state index in [0.29, 0.717) is 6.61 Å². The molecular formula is C16H16BrClO. The Morgan fingerprint density at radius 3 is 2.32 bits per heavy atom. The molecule has 19 heavy (non-hydrogen) atoms. The number of hydrogen-bond acceptors (Lipinski definition) is 1. The van der Waals surface area contributed by atoms with Crippen molar-refractivity contribution in [1.29, 1.82) is 0 Å². The molecule has 0 amide bonds. The second kappa shape index (κ2) is 6.44. The molecule has 0 N–H and O–H groups in total. The first-order chi connectivity index (χ1) is 9.11. The van der Waals surface area contributed by atoms with Gasteiger partial charge in [-0.3, -0.25) is 0 Å². The van der Waals surface area contributed by atoms with Crippen molar-refractivity contribution >= 4 is 27.5 Å². The van der Waals surface area contributed by atoms with Crippen LogP contribution < -0.4 is 4.74 Å². The SMILES string of the molecule is Cc1cc(CBr)cc(C)c1OCc1ccccc1Cl. The molecule has 0 aliphatic carbocycles. The third kappa shape index (κ3) is 3.52. The third-order valence-electron chi connectivity index (χ3n) is 3.00. The smallest absolute Gasteiger partial charge is 0.125 e. The maximum atomic E-state index is 6.13. The van der Waals surface area contributed by atoms with Gasteiger partial charge in [-0.1, -0.05) is 57.9 Å². The molecule has 2 rings (SSSR count). The van der Waals surface area contributed by atoms with Crippen LogP contribution in [0.5, 0.6) is 5.75 Å². The van der Waals surface area contributed by atoms with Crippen molar-refractivity contribution in [3.8, 4) is 5.75 Å². The molecule has 0 spiro atoms. The minimum Gasteiger partial charge on any atom is -0.488 e. The average Bonchev–Trinajstić information content (AvgIpc) is 2.39. The van der Waals surface area contributed by atoms with Crippen molar-refractivity contribution in [1.82, 2.24) is 0 Å². The van der Waals surface area contributed by atoms with Crippen LogP contribution in [0.1, 0.15) is 22.3 Å². The Morgan fingerprint density at radius 1 is 1.11 bits per heavy atom. The van der Waals surface area contributed by atoms with E-state index in [0.717, 1.165) is 32.8 Å². The van der Waals surface area contributed by atoms with Crippen LogP contribution in [0.25, 0.3) is 0 Å². The Bertz CT molecular complexity index is 558. The van der Waals surface area contributed by atoms with Crippen LogP contribution in [0.15, 0.2) is 36.4 Å². The molecule has 0 unspecified atom stereocenters. The highest BCUT2D eigenvalue weighted by Gasteiger charge is 2.07. The fourth-order valence-corrected chi connectivity index (χ4v) is 2.62. The van der Waals surface area contributed by atoms with E-state index in [9.17, 15) is 0 Å². The molecule has 0 aromatic heterocycles. The van der Waals surface area contributed by atoms with E-state index >= 15 is 0 Å². The van der Waals surface area contributed by atoms with E-state index in [-0.39, 0.29) is 0 Å². The van der Waals surface area contributed by atoms with E-state index in [2.05, 4.69) is 41.9 Å². The van der Waals surface area contributed by atoms with Gasteiger partial charge in [0.15, 0.2) is 0 Å². The highest BCUT2D eigenvalue weighted by Crippen LogP contribution is 2.27. The zero-order valence-electron chi connectivity index (χ0n) is 11.0. The number of ether oxygens (including phenoxy) is 1. The van der Waals surface area contributed by atoms with Gasteiger partial charge < -0.3 is 4.74 Å². The molecule has 2 aromatic carbocycles. The summed E-state index contributed by atoms with van der Waals surface area (Å²) in [4.78, 5) is 0. The molecule has 0 saturated heterocycles. The van der Waals surface area contributed by atoms with Crippen LogP contribution >= 0.6 is 27.5 Å². The Kier molecular flexibility index (Phi) is 4.89. The normalized spacial score (nSPS) is 10.5. The highest BCUT2D eigenvalue weighted by molar-refractivity contribution is 9.08. The van der Waals surface area contributed by atoms with Crippen LogP contribution in [0, 0.1) is 13.8 Å². The second-order valence-corrected chi connectivity index (χ2v) is 5.54. The molecule has 2 aromatic rings. The van der Waals surface area contributed by atoms with Crippen molar-refractivity contribution < 1.29 is 4.74 Å². The Hall–Kier alpha value is -0.990. The fraction of sp³-hybridized carbons (Fsp3) is 0.250. The van der Waals surface area contributed by atoms with Crippen molar-refractivity contribution in [2.75, 3.05) is 0 Å². The lowest BCUT2D eigenvalue weighted by Crippen LogP contribution is -2.00. The molecule has 0 heterocycles. The van der Waals surface area contributed by atoms with Gasteiger partial charge in [0.05, 0.1) is 0 Å². The summed E-state index contributed by atoms with van der Waals surface area (Å²) in [5.74, 6) is 0.949.